The van der Waals surface area contributed by atoms with Crippen LogP contribution in [0.25, 0.3) is 0 Å². The first-order chi connectivity index (χ1) is 12.4. The van der Waals surface area contributed by atoms with Crippen LogP contribution in [0.2, 0.25) is 0 Å². The molecule has 0 saturated carbocycles. The van der Waals surface area contributed by atoms with E-state index in [0.717, 1.165) is 34.8 Å². The molecule has 0 saturated heterocycles. The van der Waals surface area contributed by atoms with E-state index in [2.05, 4.69) is 73.0 Å². The maximum atomic E-state index is 4.69. The topological polar surface area (TPSA) is 37.1 Å². The summed E-state index contributed by atoms with van der Waals surface area (Å²) in [5, 5.41) is 0. The minimum atomic E-state index is 0.0645. The lowest BCUT2D eigenvalue weighted by Crippen LogP contribution is -2.11. The van der Waals surface area contributed by atoms with Crippen molar-refractivity contribution in [3.8, 4) is 0 Å². The maximum Gasteiger partial charge on any atom is 0.0780 e. The second-order valence-electron chi connectivity index (χ2n) is 7.51. The highest BCUT2D eigenvalue weighted by Gasteiger charge is 2.17. The van der Waals surface area contributed by atoms with Gasteiger partial charge in [-0.05, 0) is 35.6 Å². The number of rotatable bonds is 4. The summed E-state index contributed by atoms with van der Waals surface area (Å²) in [6.45, 7) is 8.67. The Bertz CT molecular complexity index is 909. The Hall–Kier alpha value is -2.81. The van der Waals surface area contributed by atoms with Crippen LogP contribution in [0.1, 0.15) is 38.3 Å². The molecular formula is C23H25N3. The predicted molar refractivity (Wildman–Crippen MR) is 113 cm³/mol. The Balaban J connectivity index is 1.73. The van der Waals surface area contributed by atoms with Crippen LogP contribution in [0, 0.1) is 6.92 Å². The molecule has 1 aliphatic rings. The molecule has 3 rings (SSSR count). The van der Waals surface area contributed by atoms with Crippen LogP contribution in [0.5, 0.6) is 0 Å². The summed E-state index contributed by atoms with van der Waals surface area (Å²) in [6.07, 6.45) is 6.57. The second kappa shape index (κ2) is 7.61. The van der Waals surface area contributed by atoms with E-state index in [4.69, 9.17) is 0 Å². The minimum Gasteiger partial charge on any atom is -0.255 e. The van der Waals surface area contributed by atoms with Crippen LogP contribution >= 0.6 is 0 Å². The molecule has 0 bridgehead atoms. The second-order valence-corrected chi connectivity index (χ2v) is 7.51. The van der Waals surface area contributed by atoms with Gasteiger partial charge in [-0.2, -0.15) is 0 Å². The standard InChI is InChI=1S/C23H25N3/c1-17-9-5-7-11-21(17)24-15-18-13-14-19(26-18)16-25-22-12-8-6-10-20(22)23(2,3)4/h5-13,15-16H,14H2,1-4H3. The number of aliphatic imine (C=N–C) groups is 3. The van der Waals surface area contributed by atoms with Crippen LogP contribution in [-0.2, 0) is 5.41 Å². The first kappa shape index (κ1) is 18.0. The summed E-state index contributed by atoms with van der Waals surface area (Å²) in [7, 11) is 0. The van der Waals surface area contributed by atoms with E-state index in [-0.39, 0.29) is 5.41 Å². The monoisotopic (exact) mass is 343 g/mol. The van der Waals surface area contributed by atoms with E-state index in [1.807, 2.05) is 36.7 Å². The zero-order chi connectivity index (χ0) is 18.6. The lowest BCUT2D eigenvalue weighted by atomic mass is 9.86. The smallest absolute Gasteiger partial charge is 0.0780 e. The molecular weight excluding hydrogens is 318 g/mol. The van der Waals surface area contributed by atoms with Crippen LogP contribution in [0.15, 0.2) is 75.3 Å². The number of aryl methyl sites for hydroxylation is 1. The Morgan fingerprint density at radius 2 is 1.54 bits per heavy atom. The molecule has 3 heteroatoms. The molecule has 0 unspecified atom stereocenters. The van der Waals surface area contributed by atoms with Crippen molar-refractivity contribution in [1.82, 2.24) is 0 Å². The van der Waals surface area contributed by atoms with Crippen molar-refractivity contribution in [2.75, 3.05) is 0 Å². The first-order valence-electron chi connectivity index (χ1n) is 8.94. The van der Waals surface area contributed by atoms with E-state index in [0.29, 0.717) is 0 Å². The van der Waals surface area contributed by atoms with Crippen LogP contribution < -0.4 is 0 Å². The third-order valence-electron chi connectivity index (χ3n) is 4.31. The number of allylic oxidation sites excluding steroid dienone is 2. The average Bonchev–Trinajstić information content (AvgIpc) is 3.07. The lowest BCUT2D eigenvalue weighted by Gasteiger charge is -2.20. The van der Waals surface area contributed by atoms with E-state index >= 15 is 0 Å². The Labute approximate surface area is 155 Å². The fraction of sp³-hybridized carbons (Fsp3) is 0.261. The summed E-state index contributed by atoms with van der Waals surface area (Å²) < 4.78 is 0. The van der Waals surface area contributed by atoms with E-state index < -0.39 is 0 Å². The van der Waals surface area contributed by atoms with Crippen molar-refractivity contribution < 1.29 is 0 Å². The molecule has 0 atom stereocenters. The summed E-state index contributed by atoms with van der Waals surface area (Å²) in [6, 6.07) is 16.4. The fourth-order valence-electron chi connectivity index (χ4n) is 2.84. The van der Waals surface area contributed by atoms with Gasteiger partial charge in [-0.25, -0.2) is 0 Å². The molecule has 0 spiro atoms. The maximum absolute atomic E-state index is 4.69. The van der Waals surface area contributed by atoms with Crippen molar-refractivity contribution in [1.29, 1.82) is 0 Å². The molecule has 26 heavy (non-hydrogen) atoms. The third kappa shape index (κ3) is 4.42. The Kier molecular flexibility index (Phi) is 5.27. The van der Waals surface area contributed by atoms with Gasteiger partial charge in [0.2, 0.25) is 0 Å². The van der Waals surface area contributed by atoms with Crippen LogP contribution in [-0.4, -0.2) is 18.1 Å². The van der Waals surface area contributed by atoms with Gasteiger partial charge in [0.25, 0.3) is 0 Å². The van der Waals surface area contributed by atoms with Gasteiger partial charge in [0.15, 0.2) is 0 Å². The van der Waals surface area contributed by atoms with Crippen LogP contribution in [0.4, 0.5) is 11.4 Å². The zero-order valence-corrected chi connectivity index (χ0v) is 15.9. The summed E-state index contributed by atoms with van der Waals surface area (Å²) in [4.78, 5) is 13.8. The molecule has 0 radical (unpaired) electrons. The van der Waals surface area contributed by atoms with E-state index in [9.17, 15) is 0 Å². The van der Waals surface area contributed by atoms with Gasteiger partial charge < -0.3 is 0 Å². The largest absolute Gasteiger partial charge is 0.255 e. The van der Waals surface area contributed by atoms with Gasteiger partial charge >= 0.3 is 0 Å². The summed E-state index contributed by atoms with van der Waals surface area (Å²) >= 11 is 0. The molecule has 0 fully saturated rings. The molecule has 0 aliphatic carbocycles. The molecule has 1 aliphatic heterocycles. The first-order valence-corrected chi connectivity index (χ1v) is 8.94. The highest BCUT2D eigenvalue weighted by atomic mass is 14.8. The van der Waals surface area contributed by atoms with Crippen molar-refractivity contribution in [3.63, 3.8) is 0 Å². The number of hydrogen-bond acceptors (Lipinski definition) is 3. The van der Waals surface area contributed by atoms with Crippen LogP contribution in [0.3, 0.4) is 0 Å². The highest BCUT2D eigenvalue weighted by Crippen LogP contribution is 2.31. The molecule has 2 aromatic carbocycles. The third-order valence-corrected chi connectivity index (χ3v) is 4.31. The minimum absolute atomic E-state index is 0.0645. The quantitative estimate of drug-likeness (QED) is 0.599. The van der Waals surface area contributed by atoms with Gasteiger partial charge in [0.05, 0.1) is 29.0 Å². The van der Waals surface area contributed by atoms with Gasteiger partial charge in [0, 0.05) is 12.6 Å². The molecule has 0 N–H and O–H groups in total. The number of benzene rings is 2. The SMILES string of the molecule is Cc1ccccc1N=CC1=CCC(C=Nc2ccccc2C(C)(C)C)=N1. The molecule has 0 aromatic heterocycles. The Morgan fingerprint density at radius 1 is 0.885 bits per heavy atom. The lowest BCUT2D eigenvalue weighted by molar-refractivity contribution is 0.591. The predicted octanol–water partition coefficient (Wildman–Crippen LogP) is 6.13. The molecule has 132 valence electrons. The van der Waals surface area contributed by atoms with Gasteiger partial charge in [-0.1, -0.05) is 63.2 Å². The number of hydrogen-bond donors (Lipinski definition) is 0. The van der Waals surface area contributed by atoms with Crippen molar-refractivity contribution in [2.45, 2.75) is 39.5 Å². The normalized spacial score (nSPS) is 14.9. The highest BCUT2D eigenvalue weighted by molar-refractivity contribution is 6.33. The van der Waals surface area contributed by atoms with Crippen molar-refractivity contribution in [3.05, 3.63) is 71.4 Å². The van der Waals surface area contributed by atoms with E-state index in [1.54, 1.807) is 0 Å². The van der Waals surface area contributed by atoms with Gasteiger partial charge in [0.1, 0.15) is 0 Å². The Morgan fingerprint density at radius 3 is 2.27 bits per heavy atom. The van der Waals surface area contributed by atoms with Gasteiger partial charge in [-0.15, -0.1) is 0 Å². The molecule has 0 amide bonds. The summed E-state index contributed by atoms with van der Waals surface area (Å²) in [5.74, 6) is 0. The average molecular weight is 343 g/mol. The molecule has 3 nitrogen and oxygen atoms in total. The number of nitrogens with zero attached hydrogens (tertiary/aromatic N) is 3. The number of para-hydroxylation sites is 2. The van der Waals surface area contributed by atoms with E-state index in [1.165, 1.54) is 5.56 Å². The molecule has 2 aromatic rings. The summed E-state index contributed by atoms with van der Waals surface area (Å²) in [5.41, 5.74) is 6.29. The zero-order valence-electron chi connectivity index (χ0n) is 15.9. The van der Waals surface area contributed by atoms with Gasteiger partial charge in [-0.3, -0.25) is 15.0 Å². The molecule has 1 heterocycles. The fourth-order valence-corrected chi connectivity index (χ4v) is 2.84. The van der Waals surface area contributed by atoms with Crippen molar-refractivity contribution in [2.24, 2.45) is 15.0 Å². The van der Waals surface area contributed by atoms with Crippen molar-refractivity contribution >= 4 is 29.5 Å².